The van der Waals surface area contributed by atoms with Gasteiger partial charge in [0.15, 0.2) is 17.3 Å². The summed E-state index contributed by atoms with van der Waals surface area (Å²) in [5.41, 5.74) is 1.51. The zero-order valence-electron chi connectivity index (χ0n) is 14.2. The number of urea groups is 1. The molecule has 0 radical (unpaired) electrons. The number of fused-ring (bicyclic) bond motifs is 1. The number of rotatable bonds is 4. The summed E-state index contributed by atoms with van der Waals surface area (Å²) in [7, 11) is 0. The van der Waals surface area contributed by atoms with Crippen molar-refractivity contribution in [3.05, 3.63) is 62.7 Å². The Hall–Kier alpha value is -2.42. The molecular weight excluding hydrogens is 471 g/mol. The number of hydrogen-bond donors (Lipinski definition) is 2. The van der Waals surface area contributed by atoms with Gasteiger partial charge in [0, 0.05) is 18.0 Å². The van der Waals surface area contributed by atoms with E-state index in [9.17, 15) is 4.79 Å². The van der Waals surface area contributed by atoms with Gasteiger partial charge < -0.3 is 14.8 Å². The molecule has 0 atom stereocenters. The monoisotopic (exact) mass is 482 g/mol. The Kier molecular flexibility index (Phi) is 5.34. The number of amides is 2. The maximum absolute atomic E-state index is 12.3. The topological polar surface area (TPSA) is 77.4 Å². The van der Waals surface area contributed by atoms with Gasteiger partial charge in [-0.25, -0.2) is 4.79 Å². The van der Waals surface area contributed by atoms with Crippen LogP contribution in [0.25, 0.3) is 0 Å². The van der Waals surface area contributed by atoms with Gasteiger partial charge in [0.25, 0.3) is 0 Å². The fraction of sp³-hybridized carbons (Fsp3) is 0.111. The van der Waals surface area contributed by atoms with E-state index in [0.29, 0.717) is 44.1 Å². The summed E-state index contributed by atoms with van der Waals surface area (Å²) < 4.78 is 12.9. The van der Waals surface area contributed by atoms with Crippen LogP contribution in [0.4, 0.5) is 16.3 Å². The van der Waals surface area contributed by atoms with Gasteiger partial charge in [0.2, 0.25) is 6.79 Å². The SMILES string of the molecule is O=C(Nc1ccc2c(c1)OCO2)Nc1nn(Cc2ccc(Cl)c(Cl)c2)cc1Br. The minimum atomic E-state index is -0.431. The van der Waals surface area contributed by atoms with Crippen molar-refractivity contribution in [2.45, 2.75) is 6.54 Å². The molecule has 1 aromatic heterocycles. The van der Waals surface area contributed by atoms with E-state index in [2.05, 4.69) is 31.7 Å². The minimum Gasteiger partial charge on any atom is -0.454 e. The second kappa shape index (κ2) is 7.90. The summed E-state index contributed by atoms with van der Waals surface area (Å²) in [5, 5.41) is 10.8. The summed E-state index contributed by atoms with van der Waals surface area (Å²) in [6, 6.07) is 10.1. The molecule has 0 bridgehead atoms. The van der Waals surface area contributed by atoms with Crippen LogP contribution in [-0.2, 0) is 6.54 Å². The lowest BCUT2D eigenvalue weighted by Crippen LogP contribution is -2.20. The first kappa shape index (κ1) is 18.9. The Morgan fingerprint density at radius 2 is 1.93 bits per heavy atom. The van der Waals surface area contributed by atoms with Crippen LogP contribution in [0, 0.1) is 0 Å². The Morgan fingerprint density at radius 3 is 2.75 bits per heavy atom. The largest absolute Gasteiger partial charge is 0.454 e. The zero-order valence-corrected chi connectivity index (χ0v) is 17.3. The predicted molar refractivity (Wildman–Crippen MR) is 111 cm³/mol. The van der Waals surface area contributed by atoms with Crippen molar-refractivity contribution in [2.24, 2.45) is 0 Å². The lowest BCUT2D eigenvalue weighted by Gasteiger charge is -2.07. The third-order valence-corrected chi connectivity index (χ3v) is 5.23. The molecule has 144 valence electrons. The highest BCUT2D eigenvalue weighted by Gasteiger charge is 2.15. The normalized spacial score (nSPS) is 12.1. The van der Waals surface area contributed by atoms with Crippen LogP contribution < -0.4 is 20.1 Å². The van der Waals surface area contributed by atoms with E-state index in [0.717, 1.165) is 5.56 Å². The van der Waals surface area contributed by atoms with Crippen LogP contribution in [0.15, 0.2) is 47.1 Å². The molecule has 2 heterocycles. The third-order valence-electron chi connectivity index (χ3n) is 3.91. The van der Waals surface area contributed by atoms with Gasteiger partial charge in [-0.3, -0.25) is 10.00 Å². The molecule has 0 saturated heterocycles. The summed E-state index contributed by atoms with van der Waals surface area (Å²) in [5.74, 6) is 1.62. The Bertz CT molecular complexity index is 1060. The quantitative estimate of drug-likeness (QED) is 0.522. The molecule has 2 N–H and O–H groups in total. The first-order valence-corrected chi connectivity index (χ1v) is 9.67. The smallest absolute Gasteiger partial charge is 0.324 e. The van der Waals surface area contributed by atoms with E-state index in [1.54, 1.807) is 41.2 Å². The highest BCUT2D eigenvalue weighted by molar-refractivity contribution is 9.10. The Balaban J connectivity index is 1.42. The Labute approximate surface area is 178 Å². The lowest BCUT2D eigenvalue weighted by molar-refractivity contribution is 0.174. The number of hydrogen-bond acceptors (Lipinski definition) is 4. The average Bonchev–Trinajstić information content (AvgIpc) is 3.24. The van der Waals surface area contributed by atoms with Crippen LogP contribution in [0.5, 0.6) is 11.5 Å². The molecule has 3 aromatic rings. The number of ether oxygens (including phenoxy) is 2. The molecule has 28 heavy (non-hydrogen) atoms. The molecule has 0 aliphatic carbocycles. The molecule has 2 aromatic carbocycles. The van der Waals surface area contributed by atoms with E-state index in [1.165, 1.54) is 0 Å². The summed E-state index contributed by atoms with van der Waals surface area (Å²) in [4.78, 5) is 12.3. The number of nitrogens with zero attached hydrogens (tertiary/aromatic N) is 2. The molecule has 0 saturated carbocycles. The lowest BCUT2D eigenvalue weighted by atomic mass is 10.2. The average molecular weight is 484 g/mol. The number of aromatic nitrogens is 2. The highest BCUT2D eigenvalue weighted by atomic mass is 79.9. The number of carbonyl (C=O) groups is 1. The maximum Gasteiger partial charge on any atom is 0.324 e. The van der Waals surface area contributed by atoms with E-state index in [4.69, 9.17) is 32.7 Å². The van der Waals surface area contributed by atoms with Gasteiger partial charge in [-0.15, -0.1) is 0 Å². The molecular formula is C18H13BrCl2N4O3. The number of halogens is 3. The molecule has 2 amide bonds. The van der Waals surface area contributed by atoms with Gasteiger partial charge in [-0.2, -0.15) is 5.10 Å². The molecule has 4 rings (SSSR count). The van der Waals surface area contributed by atoms with Crippen LogP contribution in [-0.4, -0.2) is 22.6 Å². The summed E-state index contributed by atoms with van der Waals surface area (Å²) in [6.07, 6.45) is 1.76. The summed E-state index contributed by atoms with van der Waals surface area (Å²) in [6.45, 7) is 0.648. The van der Waals surface area contributed by atoms with Gasteiger partial charge in [0.05, 0.1) is 21.1 Å². The van der Waals surface area contributed by atoms with Crippen molar-refractivity contribution in [3.8, 4) is 11.5 Å². The molecule has 0 fully saturated rings. The molecule has 0 spiro atoms. The molecule has 1 aliphatic heterocycles. The second-order valence-electron chi connectivity index (χ2n) is 5.92. The molecule has 10 heteroatoms. The van der Waals surface area contributed by atoms with Crippen LogP contribution >= 0.6 is 39.1 Å². The number of nitrogens with one attached hydrogen (secondary N) is 2. The standard InChI is InChI=1S/C18H13BrCl2N4O3/c19-12-8-25(7-10-1-3-13(20)14(21)5-10)24-17(12)23-18(26)22-11-2-4-15-16(6-11)28-9-27-15/h1-6,8H,7,9H2,(H2,22,23,24,26). The predicted octanol–water partition coefficient (Wildman–Crippen LogP) is 5.37. The molecule has 0 unspecified atom stereocenters. The van der Waals surface area contributed by atoms with E-state index >= 15 is 0 Å². The van der Waals surface area contributed by atoms with Crippen molar-refractivity contribution in [1.29, 1.82) is 0 Å². The fourth-order valence-corrected chi connectivity index (χ4v) is 3.37. The van der Waals surface area contributed by atoms with Crippen LogP contribution in [0.1, 0.15) is 5.56 Å². The fourth-order valence-electron chi connectivity index (χ4n) is 2.63. The minimum absolute atomic E-state index is 0.175. The second-order valence-corrected chi connectivity index (χ2v) is 7.59. The first-order chi connectivity index (χ1) is 13.5. The number of benzene rings is 2. The van der Waals surface area contributed by atoms with Crippen molar-refractivity contribution < 1.29 is 14.3 Å². The van der Waals surface area contributed by atoms with Gasteiger partial charge in [-0.1, -0.05) is 29.3 Å². The highest BCUT2D eigenvalue weighted by Crippen LogP contribution is 2.34. The zero-order chi connectivity index (χ0) is 19.7. The van der Waals surface area contributed by atoms with Crippen LogP contribution in [0.3, 0.4) is 0 Å². The van der Waals surface area contributed by atoms with Gasteiger partial charge in [0.1, 0.15) is 0 Å². The number of carbonyl (C=O) groups excluding carboxylic acids is 1. The summed E-state index contributed by atoms with van der Waals surface area (Å²) >= 11 is 15.4. The Morgan fingerprint density at radius 1 is 1.11 bits per heavy atom. The molecule has 7 nitrogen and oxygen atoms in total. The third kappa shape index (κ3) is 4.19. The van der Waals surface area contributed by atoms with Crippen molar-refractivity contribution in [1.82, 2.24) is 9.78 Å². The maximum atomic E-state index is 12.3. The van der Waals surface area contributed by atoms with Crippen molar-refractivity contribution in [2.75, 3.05) is 17.4 Å². The van der Waals surface area contributed by atoms with E-state index in [-0.39, 0.29) is 6.79 Å². The molecule has 1 aliphatic rings. The van der Waals surface area contributed by atoms with E-state index < -0.39 is 6.03 Å². The van der Waals surface area contributed by atoms with Crippen molar-refractivity contribution >= 4 is 56.7 Å². The van der Waals surface area contributed by atoms with Crippen LogP contribution in [0.2, 0.25) is 10.0 Å². The van der Waals surface area contributed by atoms with E-state index in [1.807, 2.05) is 6.07 Å². The van der Waals surface area contributed by atoms with Crippen molar-refractivity contribution in [3.63, 3.8) is 0 Å². The van der Waals surface area contributed by atoms with Gasteiger partial charge >= 0.3 is 6.03 Å². The van der Waals surface area contributed by atoms with Gasteiger partial charge in [-0.05, 0) is 45.8 Å². The first-order valence-electron chi connectivity index (χ1n) is 8.12. The number of anilines is 2.